The second kappa shape index (κ2) is 6.79. The Morgan fingerprint density at radius 3 is 2.75 bits per heavy atom. The fraction of sp³-hybridized carbons (Fsp3) is 0.611. The Bertz CT molecular complexity index is 712. The molecule has 6 nitrogen and oxygen atoms in total. The van der Waals surface area contributed by atoms with Gasteiger partial charge in [-0.3, -0.25) is 4.98 Å². The first kappa shape index (κ1) is 16.7. The zero-order valence-electron chi connectivity index (χ0n) is 14.6. The summed E-state index contributed by atoms with van der Waals surface area (Å²) < 4.78 is 12.8. The highest BCUT2D eigenvalue weighted by atomic mass is 16.6. The lowest BCUT2D eigenvalue weighted by Gasteiger charge is -2.22. The van der Waals surface area contributed by atoms with Crippen LogP contribution in [0.15, 0.2) is 18.5 Å². The zero-order valence-corrected chi connectivity index (χ0v) is 14.6. The van der Waals surface area contributed by atoms with E-state index in [0.717, 1.165) is 0 Å². The van der Waals surface area contributed by atoms with Crippen molar-refractivity contribution in [1.82, 2.24) is 14.5 Å². The van der Waals surface area contributed by atoms with Gasteiger partial charge in [-0.1, -0.05) is 19.3 Å². The highest BCUT2D eigenvalue weighted by Crippen LogP contribution is 2.26. The number of aromatic nitrogens is 3. The average Bonchev–Trinajstić information content (AvgIpc) is 2.91. The van der Waals surface area contributed by atoms with E-state index in [9.17, 15) is 4.79 Å². The molecule has 0 spiro atoms. The highest BCUT2D eigenvalue weighted by Gasteiger charge is 2.25. The smallest absolute Gasteiger partial charge is 0.423 e. The Morgan fingerprint density at radius 1 is 1.29 bits per heavy atom. The molecular weight excluding hydrogens is 306 g/mol. The van der Waals surface area contributed by atoms with Crippen LogP contribution in [0.5, 0.6) is 6.01 Å². The minimum Gasteiger partial charge on any atom is -0.464 e. The maximum absolute atomic E-state index is 12.6. The van der Waals surface area contributed by atoms with E-state index in [-0.39, 0.29) is 6.01 Å². The van der Waals surface area contributed by atoms with Crippen LogP contribution >= 0.6 is 0 Å². The van der Waals surface area contributed by atoms with Crippen molar-refractivity contribution in [3.8, 4) is 6.01 Å². The van der Waals surface area contributed by atoms with E-state index in [1.165, 1.54) is 36.7 Å². The number of carbonyl (C=O) groups excluding carboxylic acids is 1. The lowest BCUT2D eigenvalue weighted by atomic mass is 9.90. The van der Waals surface area contributed by atoms with Crippen molar-refractivity contribution in [2.45, 2.75) is 58.5 Å². The normalized spacial score (nSPS) is 16.3. The fourth-order valence-electron chi connectivity index (χ4n) is 3.03. The number of pyridine rings is 1. The molecule has 24 heavy (non-hydrogen) atoms. The third-order valence-electron chi connectivity index (χ3n) is 4.17. The van der Waals surface area contributed by atoms with E-state index in [4.69, 9.17) is 9.47 Å². The molecule has 0 atom stereocenters. The van der Waals surface area contributed by atoms with Gasteiger partial charge in [-0.05, 0) is 45.6 Å². The van der Waals surface area contributed by atoms with Crippen LogP contribution in [0.3, 0.4) is 0 Å². The number of hydrogen-bond donors (Lipinski definition) is 0. The Hall–Kier alpha value is -2.11. The fourth-order valence-corrected chi connectivity index (χ4v) is 3.03. The molecule has 0 bridgehead atoms. The zero-order chi connectivity index (χ0) is 17.2. The number of imidazole rings is 1. The van der Waals surface area contributed by atoms with Crippen molar-refractivity contribution < 1.29 is 14.3 Å². The van der Waals surface area contributed by atoms with Crippen molar-refractivity contribution in [3.63, 3.8) is 0 Å². The van der Waals surface area contributed by atoms with E-state index < -0.39 is 11.7 Å². The lowest BCUT2D eigenvalue weighted by molar-refractivity contribution is 0.0521. The Kier molecular flexibility index (Phi) is 4.73. The molecule has 2 aromatic heterocycles. The van der Waals surface area contributed by atoms with Crippen LogP contribution in [0.2, 0.25) is 0 Å². The molecule has 1 aliphatic carbocycles. The molecule has 0 amide bonds. The van der Waals surface area contributed by atoms with Gasteiger partial charge in [0.05, 0.1) is 18.3 Å². The molecular formula is C18H25N3O3. The van der Waals surface area contributed by atoms with Gasteiger partial charge in [-0.2, -0.15) is 9.55 Å². The summed E-state index contributed by atoms with van der Waals surface area (Å²) in [5, 5.41) is 0. The number of ether oxygens (including phenoxy) is 2. The summed E-state index contributed by atoms with van der Waals surface area (Å²) in [6.07, 6.45) is 8.93. The number of rotatable bonds is 3. The van der Waals surface area contributed by atoms with Crippen molar-refractivity contribution in [1.29, 1.82) is 0 Å². The summed E-state index contributed by atoms with van der Waals surface area (Å²) in [5.74, 6) is 0.531. The van der Waals surface area contributed by atoms with E-state index in [0.29, 0.717) is 23.6 Å². The predicted octanol–water partition coefficient (Wildman–Crippen LogP) is 4.17. The van der Waals surface area contributed by atoms with Crippen molar-refractivity contribution in [2.24, 2.45) is 5.92 Å². The molecule has 0 unspecified atom stereocenters. The van der Waals surface area contributed by atoms with E-state index >= 15 is 0 Å². The van der Waals surface area contributed by atoms with E-state index in [1.54, 1.807) is 18.5 Å². The number of hydrogen-bond acceptors (Lipinski definition) is 5. The van der Waals surface area contributed by atoms with Crippen LogP contribution in [0.1, 0.15) is 52.9 Å². The predicted molar refractivity (Wildman–Crippen MR) is 91.2 cm³/mol. The molecule has 0 N–H and O–H groups in total. The van der Waals surface area contributed by atoms with E-state index in [1.807, 2.05) is 20.8 Å². The van der Waals surface area contributed by atoms with Crippen LogP contribution in [0, 0.1) is 5.92 Å². The van der Waals surface area contributed by atoms with Crippen LogP contribution < -0.4 is 4.74 Å². The van der Waals surface area contributed by atoms with Crippen molar-refractivity contribution >= 4 is 17.1 Å². The summed E-state index contributed by atoms with van der Waals surface area (Å²) in [4.78, 5) is 21.1. The minimum atomic E-state index is -0.587. The number of carbonyl (C=O) groups is 1. The number of fused-ring (bicyclic) bond motifs is 1. The third-order valence-corrected chi connectivity index (χ3v) is 4.17. The first-order chi connectivity index (χ1) is 11.4. The van der Waals surface area contributed by atoms with Gasteiger partial charge in [-0.15, -0.1) is 0 Å². The monoisotopic (exact) mass is 331 g/mol. The van der Waals surface area contributed by atoms with Crippen molar-refractivity contribution in [3.05, 3.63) is 18.5 Å². The molecule has 130 valence electrons. The molecule has 0 saturated heterocycles. The summed E-state index contributed by atoms with van der Waals surface area (Å²) in [7, 11) is 0. The standard InChI is InChI=1S/C18H25N3O3/c1-18(2,3)24-17(22)21-15-11-19-10-9-14(15)20-16(21)23-12-13-7-5-4-6-8-13/h9-11,13H,4-8,12H2,1-3H3. The summed E-state index contributed by atoms with van der Waals surface area (Å²) >= 11 is 0. The molecule has 2 aromatic rings. The topological polar surface area (TPSA) is 66.2 Å². The summed E-state index contributed by atoms with van der Waals surface area (Å²) in [6.45, 7) is 6.10. The Morgan fingerprint density at radius 2 is 2.04 bits per heavy atom. The summed E-state index contributed by atoms with van der Waals surface area (Å²) in [5.41, 5.74) is 0.691. The van der Waals surface area contributed by atoms with Gasteiger partial charge in [0.15, 0.2) is 0 Å². The maximum atomic E-state index is 12.6. The third kappa shape index (κ3) is 3.86. The molecule has 0 radical (unpaired) electrons. The number of nitrogens with zero attached hydrogens (tertiary/aromatic N) is 3. The molecule has 1 fully saturated rings. The molecule has 1 saturated carbocycles. The lowest BCUT2D eigenvalue weighted by Crippen LogP contribution is -2.28. The van der Waals surface area contributed by atoms with Gasteiger partial charge in [0.1, 0.15) is 11.1 Å². The van der Waals surface area contributed by atoms with Gasteiger partial charge in [-0.25, -0.2) is 4.79 Å². The maximum Gasteiger partial charge on any atom is 0.423 e. The Labute approximate surface area is 142 Å². The van der Waals surface area contributed by atoms with Crippen LogP contribution in [-0.4, -0.2) is 32.8 Å². The van der Waals surface area contributed by atoms with Crippen molar-refractivity contribution in [2.75, 3.05) is 6.61 Å². The van der Waals surface area contributed by atoms with Gasteiger partial charge in [0.2, 0.25) is 0 Å². The quantitative estimate of drug-likeness (QED) is 0.844. The Balaban J connectivity index is 1.85. The SMILES string of the molecule is CC(C)(C)OC(=O)n1c(OCC2CCCCC2)nc2ccncc21. The molecule has 2 heterocycles. The van der Waals surface area contributed by atoms with Crippen LogP contribution in [0.25, 0.3) is 11.0 Å². The molecule has 0 aliphatic heterocycles. The van der Waals surface area contributed by atoms with E-state index in [2.05, 4.69) is 9.97 Å². The van der Waals surface area contributed by atoms with Gasteiger partial charge in [0.25, 0.3) is 0 Å². The van der Waals surface area contributed by atoms with Gasteiger partial charge in [0, 0.05) is 6.20 Å². The molecule has 3 rings (SSSR count). The highest BCUT2D eigenvalue weighted by molar-refractivity contribution is 5.88. The first-order valence-electron chi connectivity index (χ1n) is 8.63. The second-order valence-corrected chi connectivity index (χ2v) is 7.39. The molecule has 6 heteroatoms. The molecule has 1 aliphatic rings. The minimum absolute atomic E-state index is 0.290. The second-order valence-electron chi connectivity index (χ2n) is 7.39. The first-order valence-corrected chi connectivity index (χ1v) is 8.63. The average molecular weight is 331 g/mol. The molecule has 0 aromatic carbocycles. The largest absolute Gasteiger partial charge is 0.464 e. The van der Waals surface area contributed by atoms with Crippen LogP contribution in [0.4, 0.5) is 4.79 Å². The van der Waals surface area contributed by atoms with Gasteiger partial charge < -0.3 is 9.47 Å². The van der Waals surface area contributed by atoms with Crippen LogP contribution in [-0.2, 0) is 4.74 Å². The summed E-state index contributed by atoms with van der Waals surface area (Å²) in [6, 6.07) is 2.06. The van der Waals surface area contributed by atoms with Gasteiger partial charge >= 0.3 is 12.1 Å².